The number of thiophene rings is 1. The summed E-state index contributed by atoms with van der Waals surface area (Å²) in [6.45, 7) is 0.634. The third-order valence-electron chi connectivity index (χ3n) is 3.33. The first-order chi connectivity index (χ1) is 9.84. The van der Waals surface area contributed by atoms with Crippen LogP contribution < -0.4 is 5.32 Å². The fraction of sp³-hybridized carbons (Fsp3) is 0.462. The summed E-state index contributed by atoms with van der Waals surface area (Å²) >= 11 is 3.28. The van der Waals surface area contributed by atoms with E-state index in [2.05, 4.69) is 20.5 Å². The molecular weight excluding hydrogens is 292 g/mol. The third kappa shape index (κ3) is 3.04. The van der Waals surface area contributed by atoms with Gasteiger partial charge in [0.05, 0.1) is 5.56 Å². The molecule has 1 amide bonds. The largest absolute Gasteiger partial charge is 0.351 e. The SMILES string of the molecule is O=C(NCCSc1ncn[nH]1)c1csc2c1CCCC2. The summed E-state index contributed by atoms with van der Waals surface area (Å²) in [5, 5.41) is 12.3. The standard InChI is InChI=1S/C13H16N4OS2/c18-12(14-5-6-19-13-15-8-16-17-13)10-7-20-11-4-2-1-3-9(10)11/h7-8H,1-6H2,(H,14,18)(H,15,16,17). The van der Waals surface area contributed by atoms with E-state index in [4.69, 9.17) is 0 Å². The van der Waals surface area contributed by atoms with E-state index >= 15 is 0 Å². The Hall–Kier alpha value is -1.34. The molecule has 0 aliphatic heterocycles. The molecule has 0 bridgehead atoms. The van der Waals surface area contributed by atoms with Crippen LogP contribution in [0.4, 0.5) is 0 Å². The van der Waals surface area contributed by atoms with Gasteiger partial charge in [0, 0.05) is 22.6 Å². The predicted octanol–water partition coefficient (Wildman–Crippen LogP) is 2.27. The maximum absolute atomic E-state index is 12.2. The van der Waals surface area contributed by atoms with Crippen LogP contribution in [-0.2, 0) is 12.8 Å². The minimum absolute atomic E-state index is 0.0579. The van der Waals surface area contributed by atoms with Gasteiger partial charge < -0.3 is 5.32 Å². The Kier molecular flexibility index (Phi) is 4.37. The van der Waals surface area contributed by atoms with Gasteiger partial charge >= 0.3 is 0 Å². The van der Waals surface area contributed by atoms with Crippen molar-refractivity contribution in [3.8, 4) is 0 Å². The Bertz CT molecular complexity index is 579. The van der Waals surface area contributed by atoms with Gasteiger partial charge in [-0.25, -0.2) is 4.98 Å². The number of aromatic amines is 1. The van der Waals surface area contributed by atoms with Crippen molar-refractivity contribution in [2.45, 2.75) is 30.8 Å². The van der Waals surface area contributed by atoms with Crippen molar-refractivity contribution in [3.05, 3.63) is 27.7 Å². The van der Waals surface area contributed by atoms with Gasteiger partial charge in [-0.2, -0.15) is 5.10 Å². The van der Waals surface area contributed by atoms with Gasteiger partial charge in [-0.1, -0.05) is 11.8 Å². The number of amides is 1. The van der Waals surface area contributed by atoms with Crippen molar-refractivity contribution in [2.75, 3.05) is 12.3 Å². The highest BCUT2D eigenvalue weighted by molar-refractivity contribution is 7.99. The number of aromatic nitrogens is 3. The van der Waals surface area contributed by atoms with Gasteiger partial charge in [-0.15, -0.1) is 11.3 Å². The molecule has 2 N–H and O–H groups in total. The minimum atomic E-state index is 0.0579. The minimum Gasteiger partial charge on any atom is -0.351 e. The summed E-state index contributed by atoms with van der Waals surface area (Å²) in [5.41, 5.74) is 2.16. The Morgan fingerprint density at radius 3 is 3.20 bits per heavy atom. The van der Waals surface area contributed by atoms with Gasteiger partial charge in [-0.05, 0) is 31.2 Å². The van der Waals surface area contributed by atoms with Gasteiger partial charge in [0.1, 0.15) is 6.33 Å². The van der Waals surface area contributed by atoms with Crippen molar-refractivity contribution in [2.24, 2.45) is 0 Å². The summed E-state index contributed by atoms with van der Waals surface area (Å²) in [6.07, 6.45) is 6.12. The Morgan fingerprint density at radius 2 is 2.35 bits per heavy atom. The average molecular weight is 308 g/mol. The highest BCUT2D eigenvalue weighted by Crippen LogP contribution is 2.30. The number of thioether (sulfide) groups is 1. The lowest BCUT2D eigenvalue weighted by molar-refractivity contribution is 0.0955. The van der Waals surface area contributed by atoms with Gasteiger partial charge in [0.25, 0.3) is 5.91 Å². The maximum Gasteiger partial charge on any atom is 0.252 e. The number of H-pyrrole nitrogens is 1. The summed E-state index contributed by atoms with van der Waals surface area (Å²) in [7, 11) is 0. The molecule has 3 rings (SSSR count). The monoisotopic (exact) mass is 308 g/mol. The van der Waals surface area contributed by atoms with E-state index in [1.54, 1.807) is 23.1 Å². The van der Waals surface area contributed by atoms with Gasteiger partial charge in [0.15, 0.2) is 5.16 Å². The van der Waals surface area contributed by atoms with Gasteiger partial charge in [0.2, 0.25) is 0 Å². The van der Waals surface area contributed by atoms with Crippen LogP contribution in [0.25, 0.3) is 0 Å². The van der Waals surface area contributed by atoms with Crippen molar-refractivity contribution < 1.29 is 4.79 Å². The number of nitrogens with zero attached hydrogens (tertiary/aromatic N) is 2. The van der Waals surface area contributed by atoms with Crippen LogP contribution in [0.2, 0.25) is 0 Å². The number of hydrogen-bond donors (Lipinski definition) is 2. The molecule has 2 heterocycles. The molecule has 0 atom stereocenters. The highest BCUT2D eigenvalue weighted by Gasteiger charge is 2.19. The van der Waals surface area contributed by atoms with E-state index in [1.807, 2.05) is 5.38 Å². The van der Waals surface area contributed by atoms with Crippen LogP contribution in [0.5, 0.6) is 0 Å². The zero-order chi connectivity index (χ0) is 13.8. The van der Waals surface area contributed by atoms with Crippen molar-refractivity contribution in [1.29, 1.82) is 0 Å². The number of aryl methyl sites for hydroxylation is 1. The summed E-state index contributed by atoms with van der Waals surface area (Å²) in [4.78, 5) is 17.6. The fourth-order valence-electron chi connectivity index (χ4n) is 2.36. The topological polar surface area (TPSA) is 70.7 Å². The van der Waals surface area contributed by atoms with Crippen LogP contribution in [0.3, 0.4) is 0 Å². The lowest BCUT2D eigenvalue weighted by Gasteiger charge is -2.12. The molecular formula is C13H16N4OS2. The number of rotatable bonds is 5. The van der Waals surface area contributed by atoms with E-state index in [-0.39, 0.29) is 5.91 Å². The van der Waals surface area contributed by atoms with Gasteiger partial charge in [-0.3, -0.25) is 9.89 Å². The van der Waals surface area contributed by atoms with Crippen LogP contribution in [0.15, 0.2) is 16.9 Å². The van der Waals surface area contributed by atoms with Crippen LogP contribution in [-0.4, -0.2) is 33.4 Å². The zero-order valence-electron chi connectivity index (χ0n) is 11.0. The molecule has 1 aliphatic carbocycles. The smallest absolute Gasteiger partial charge is 0.252 e. The molecule has 2 aromatic heterocycles. The van der Waals surface area contributed by atoms with E-state index in [9.17, 15) is 4.79 Å². The molecule has 0 aromatic carbocycles. The average Bonchev–Trinajstić information content (AvgIpc) is 3.12. The number of carbonyl (C=O) groups is 1. The number of nitrogens with one attached hydrogen (secondary N) is 2. The molecule has 2 aromatic rings. The second-order valence-corrected chi connectivity index (χ2v) is 6.70. The summed E-state index contributed by atoms with van der Waals surface area (Å²) < 4.78 is 0. The number of carbonyl (C=O) groups excluding carboxylic acids is 1. The predicted molar refractivity (Wildman–Crippen MR) is 80.4 cm³/mol. The quantitative estimate of drug-likeness (QED) is 0.656. The Balaban J connectivity index is 1.50. The summed E-state index contributed by atoms with van der Waals surface area (Å²) in [5.74, 6) is 0.843. The zero-order valence-corrected chi connectivity index (χ0v) is 12.6. The molecule has 0 saturated heterocycles. The molecule has 0 radical (unpaired) electrons. The third-order valence-corrected chi connectivity index (χ3v) is 5.29. The Morgan fingerprint density at radius 1 is 1.45 bits per heavy atom. The lowest BCUT2D eigenvalue weighted by Crippen LogP contribution is -2.26. The van der Waals surface area contributed by atoms with Crippen LogP contribution in [0, 0.1) is 0 Å². The molecule has 1 aliphatic rings. The summed E-state index contributed by atoms with van der Waals surface area (Å²) in [6, 6.07) is 0. The lowest BCUT2D eigenvalue weighted by atomic mass is 9.96. The van der Waals surface area contributed by atoms with E-state index in [1.165, 1.54) is 29.6 Å². The molecule has 0 saturated carbocycles. The number of hydrogen-bond acceptors (Lipinski definition) is 5. The first-order valence-corrected chi connectivity index (χ1v) is 8.56. The van der Waals surface area contributed by atoms with Crippen molar-refractivity contribution in [3.63, 3.8) is 0 Å². The molecule has 20 heavy (non-hydrogen) atoms. The van der Waals surface area contributed by atoms with Crippen molar-refractivity contribution in [1.82, 2.24) is 20.5 Å². The maximum atomic E-state index is 12.2. The molecule has 7 heteroatoms. The normalized spacial score (nSPS) is 14.0. The van der Waals surface area contributed by atoms with Crippen molar-refractivity contribution >= 4 is 29.0 Å². The van der Waals surface area contributed by atoms with E-state index in [0.717, 1.165) is 29.3 Å². The van der Waals surface area contributed by atoms with E-state index in [0.29, 0.717) is 6.54 Å². The molecule has 5 nitrogen and oxygen atoms in total. The van der Waals surface area contributed by atoms with Crippen LogP contribution >= 0.6 is 23.1 Å². The first kappa shape index (κ1) is 13.6. The van der Waals surface area contributed by atoms with E-state index < -0.39 is 0 Å². The second kappa shape index (κ2) is 6.41. The molecule has 0 spiro atoms. The molecule has 106 valence electrons. The number of fused-ring (bicyclic) bond motifs is 1. The molecule has 0 unspecified atom stereocenters. The Labute approximate surface area is 125 Å². The fourth-order valence-corrected chi connectivity index (χ4v) is 4.12. The van der Waals surface area contributed by atoms with Crippen LogP contribution in [0.1, 0.15) is 33.6 Å². The second-order valence-electron chi connectivity index (χ2n) is 4.65. The first-order valence-electron chi connectivity index (χ1n) is 6.70. The molecule has 0 fully saturated rings. The highest BCUT2D eigenvalue weighted by atomic mass is 32.2.